The van der Waals surface area contributed by atoms with E-state index < -0.39 is 24.2 Å². The zero-order valence-electron chi connectivity index (χ0n) is 11.8. The highest BCUT2D eigenvalue weighted by atomic mass is 16.4. The number of carbonyl (C=O) groups is 2. The van der Waals surface area contributed by atoms with Crippen LogP contribution >= 0.6 is 0 Å². The van der Waals surface area contributed by atoms with Gasteiger partial charge in [0.15, 0.2) is 0 Å². The second-order valence-corrected chi connectivity index (χ2v) is 5.31. The number of carbonyl (C=O) groups excluding carboxylic acids is 1. The number of aliphatic hydroxyl groups is 1. The highest BCUT2D eigenvalue weighted by Crippen LogP contribution is 2.21. The van der Waals surface area contributed by atoms with Gasteiger partial charge in [-0.05, 0) is 20.3 Å². The van der Waals surface area contributed by atoms with Gasteiger partial charge in [0, 0.05) is 19.0 Å². The smallest absolute Gasteiger partial charge is 0.321 e. The fraction of sp³-hybridized carbons (Fsp3) is 0.846. The minimum Gasteiger partial charge on any atom is -0.480 e. The summed E-state index contributed by atoms with van der Waals surface area (Å²) in [5, 5.41) is 21.6. The molecule has 19 heavy (non-hydrogen) atoms. The van der Waals surface area contributed by atoms with Gasteiger partial charge in [-0.2, -0.15) is 0 Å². The van der Waals surface area contributed by atoms with Crippen molar-refractivity contribution in [2.75, 3.05) is 6.54 Å². The van der Waals surface area contributed by atoms with Gasteiger partial charge in [0.25, 0.3) is 0 Å². The molecule has 1 heterocycles. The van der Waals surface area contributed by atoms with Crippen LogP contribution in [-0.4, -0.2) is 57.8 Å². The summed E-state index contributed by atoms with van der Waals surface area (Å²) in [7, 11) is 0. The molecule has 0 bridgehead atoms. The maximum atomic E-state index is 12.1. The Morgan fingerprint density at radius 3 is 2.58 bits per heavy atom. The van der Waals surface area contributed by atoms with E-state index in [4.69, 9.17) is 5.11 Å². The average molecular weight is 272 g/mol. The van der Waals surface area contributed by atoms with Crippen molar-refractivity contribution < 1.29 is 19.8 Å². The van der Waals surface area contributed by atoms with Gasteiger partial charge in [0.2, 0.25) is 5.91 Å². The van der Waals surface area contributed by atoms with Crippen molar-refractivity contribution in [3.63, 3.8) is 0 Å². The summed E-state index contributed by atoms with van der Waals surface area (Å²) in [4.78, 5) is 24.7. The van der Waals surface area contributed by atoms with Crippen LogP contribution in [0.15, 0.2) is 0 Å². The first-order valence-corrected chi connectivity index (χ1v) is 6.83. The first-order valence-electron chi connectivity index (χ1n) is 6.83. The van der Waals surface area contributed by atoms with Crippen LogP contribution in [0.5, 0.6) is 0 Å². The van der Waals surface area contributed by atoms with Crippen LogP contribution in [0, 0.1) is 0 Å². The number of rotatable bonds is 6. The van der Waals surface area contributed by atoms with Crippen LogP contribution in [-0.2, 0) is 9.59 Å². The fourth-order valence-electron chi connectivity index (χ4n) is 2.53. The van der Waals surface area contributed by atoms with E-state index in [0.717, 1.165) is 12.8 Å². The number of β-amino-alcohol motifs (C(OH)–C–C–N with tert-alkyl or cyclic N) is 1. The third-order valence-corrected chi connectivity index (χ3v) is 3.59. The van der Waals surface area contributed by atoms with Gasteiger partial charge in [-0.1, -0.05) is 13.3 Å². The van der Waals surface area contributed by atoms with Crippen molar-refractivity contribution in [1.29, 1.82) is 0 Å². The molecule has 1 amide bonds. The number of nitrogens with zero attached hydrogens (tertiary/aromatic N) is 1. The number of aliphatic carboxylic acids is 1. The van der Waals surface area contributed by atoms with E-state index in [0.29, 0.717) is 0 Å². The zero-order valence-corrected chi connectivity index (χ0v) is 11.8. The topological polar surface area (TPSA) is 89.9 Å². The Hall–Kier alpha value is -1.14. The Kier molecular flexibility index (Phi) is 5.75. The second kappa shape index (κ2) is 6.86. The fourth-order valence-corrected chi connectivity index (χ4v) is 2.53. The molecule has 1 aliphatic heterocycles. The molecule has 110 valence electrons. The average Bonchev–Trinajstić information content (AvgIpc) is 2.70. The molecule has 1 saturated heterocycles. The van der Waals surface area contributed by atoms with E-state index in [1.54, 1.807) is 11.8 Å². The summed E-state index contributed by atoms with van der Waals surface area (Å²) in [5.41, 5.74) is 0. The Morgan fingerprint density at radius 1 is 1.42 bits per heavy atom. The van der Waals surface area contributed by atoms with Gasteiger partial charge in [-0.3, -0.25) is 14.5 Å². The second-order valence-electron chi connectivity index (χ2n) is 5.31. The lowest BCUT2D eigenvalue weighted by Crippen LogP contribution is -2.51. The van der Waals surface area contributed by atoms with Gasteiger partial charge < -0.3 is 15.5 Å². The van der Waals surface area contributed by atoms with Crippen molar-refractivity contribution >= 4 is 11.9 Å². The van der Waals surface area contributed by atoms with Crippen LogP contribution in [0.3, 0.4) is 0 Å². The van der Waals surface area contributed by atoms with Gasteiger partial charge in [-0.25, -0.2) is 0 Å². The van der Waals surface area contributed by atoms with Crippen LogP contribution in [0.2, 0.25) is 0 Å². The third-order valence-electron chi connectivity index (χ3n) is 3.59. The highest BCUT2D eigenvalue weighted by Gasteiger charge is 2.40. The molecule has 0 aliphatic carbocycles. The standard InChI is InChI=1S/C13H24N2O4/c1-4-5-8(2)14-12(17)9(3)15-7-10(16)6-11(15)13(18)19/h8-11,16H,4-7H2,1-3H3,(H,14,17)(H,18,19). The molecule has 1 rings (SSSR count). The number of amides is 1. The van der Waals surface area contributed by atoms with Gasteiger partial charge >= 0.3 is 5.97 Å². The minimum absolute atomic E-state index is 0.0794. The molecule has 0 aromatic rings. The number of carboxylic acid groups (broad SMARTS) is 1. The van der Waals surface area contributed by atoms with E-state index in [1.807, 2.05) is 13.8 Å². The normalized spacial score (nSPS) is 26.9. The van der Waals surface area contributed by atoms with E-state index >= 15 is 0 Å². The summed E-state index contributed by atoms with van der Waals surface area (Å²) in [6, 6.07) is -1.24. The molecular weight excluding hydrogens is 248 g/mol. The Balaban J connectivity index is 2.62. The lowest BCUT2D eigenvalue weighted by Gasteiger charge is -2.28. The lowest BCUT2D eigenvalue weighted by atomic mass is 10.1. The van der Waals surface area contributed by atoms with Crippen molar-refractivity contribution in [3.8, 4) is 0 Å². The molecule has 0 saturated carbocycles. The third kappa shape index (κ3) is 4.18. The zero-order chi connectivity index (χ0) is 14.6. The highest BCUT2D eigenvalue weighted by molar-refractivity contribution is 5.83. The summed E-state index contributed by atoms with van der Waals surface area (Å²) < 4.78 is 0. The number of likely N-dealkylation sites (tertiary alicyclic amines) is 1. The number of aliphatic hydroxyl groups excluding tert-OH is 1. The van der Waals surface area contributed by atoms with Gasteiger partial charge in [0.1, 0.15) is 6.04 Å². The molecule has 4 atom stereocenters. The molecule has 1 fully saturated rings. The molecule has 4 unspecified atom stereocenters. The van der Waals surface area contributed by atoms with Crippen LogP contribution in [0.25, 0.3) is 0 Å². The van der Waals surface area contributed by atoms with Crippen LogP contribution in [0.4, 0.5) is 0 Å². The maximum absolute atomic E-state index is 12.1. The van der Waals surface area contributed by atoms with Crippen LogP contribution < -0.4 is 5.32 Å². The molecule has 3 N–H and O–H groups in total. The van der Waals surface area contributed by atoms with E-state index in [9.17, 15) is 14.7 Å². The van der Waals surface area contributed by atoms with Crippen LogP contribution in [0.1, 0.15) is 40.0 Å². The Labute approximate surface area is 113 Å². The number of nitrogens with one attached hydrogen (secondary N) is 1. The van der Waals surface area contributed by atoms with Crippen molar-refractivity contribution in [2.45, 2.75) is 64.3 Å². The van der Waals surface area contributed by atoms with Crippen molar-refractivity contribution in [2.24, 2.45) is 0 Å². The SMILES string of the molecule is CCCC(C)NC(=O)C(C)N1CC(O)CC1C(=O)O. The van der Waals surface area contributed by atoms with E-state index in [-0.39, 0.29) is 24.9 Å². The van der Waals surface area contributed by atoms with E-state index in [1.165, 1.54) is 0 Å². The summed E-state index contributed by atoms with van der Waals surface area (Å²) in [6.45, 7) is 5.89. The molecule has 0 aromatic carbocycles. The monoisotopic (exact) mass is 272 g/mol. The lowest BCUT2D eigenvalue weighted by molar-refractivity contribution is -0.144. The molecular formula is C13H24N2O4. The molecule has 0 spiro atoms. The largest absolute Gasteiger partial charge is 0.480 e. The quantitative estimate of drug-likeness (QED) is 0.642. The maximum Gasteiger partial charge on any atom is 0.321 e. The molecule has 6 nitrogen and oxygen atoms in total. The summed E-state index contributed by atoms with van der Waals surface area (Å²) in [5.74, 6) is -1.17. The predicted molar refractivity (Wildman–Crippen MR) is 70.7 cm³/mol. The molecule has 6 heteroatoms. The Morgan fingerprint density at radius 2 is 2.05 bits per heavy atom. The molecule has 1 aliphatic rings. The van der Waals surface area contributed by atoms with Gasteiger partial charge in [0.05, 0.1) is 12.1 Å². The minimum atomic E-state index is -0.988. The van der Waals surface area contributed by atoms with Crippen molar-refractivity contribution in [3.05, 3.63) is 0 Å². The van der Waals surface area contributed by atoms with Gasteiger partial charge in [-0.15, -0.1) is 0 Å². The molecule has 0 aromatic heterocycles. The first-order chi connectivity index (χ1) is 8.86. The predicted octanol–water partition coefficient (Wildman–Crippen LogP) is 0.200. The Bertz CT molecular complexity index is 335. The number of hydrogen-bond donors (Lipinski definition) is 3. The summed E-state index contributed by atoms with van der Waals surface area (Å²) >= 11 is 0. The first kappa shape index (κ1) is 15.9. The van der Waals surface area contributed by atoms with E-state index in [2.05, 4.69) is 5.32 Å². The van der Waals surface area contributed by atoms with Crippen molar-refractivity contribution in [1.82, 2.24) is 10.2 Å². The summed E-state index contributed by atoms with van der Waals surface area (Å²) in [6.07, 6.45) is 1.38. The molecule has 0 radical (unpaired) electrons. The number of hydrogen-bond acceptors (Lipinski definition) is 4. The number of carboxylic acids is 1.